The van der Waals surface area contributed by atoms with E-state index in [1.807, 2.05) is 54.1 Å². The van der Waals surface area contributed by atoms with E-state index in [0.717, 1.165) is 11.1 Å². The fraction of sp³-hybridized carbons (Fsp3) is 0.0588. The number of carboxylic acid groups (broad SMARTS) is 1. The van der Waals surface area contributed by atoms with Gasteiger partial charge in [0.05, 0.1) is 11.3 Å². The molecule has 4 nitrogen and oxygen atoms in total. The van der Waals surface area contributed by atoms with E-state index < -0.39 is 11.8 Å². The van der Waals surface area contributed by atoms with E-state index >= 15 is 0 Å². The summed E-state index contributed by atoms with van der Waals surface area (Å²) in [6.07, 6.45) is 0. The number of aryl methyl sites for hydroxylation is 1. The third-order valence-corrected chi connectivity index (χ3v) is 3.58. The summed E-state index contributed by atoms with van der Waals surface area (Å²) in [5.74, 6) is -2.32. The number of aromatic nitrogens is 1. The molecule has 21 heavy (non-hydrogen) atoms. The molecule has 3 rings (SSSR count). The second kappa shape index (κ2) is 4.90. The number of carbonyl (C=O) groups is 2. The molecule has 0 aliphatic carbocycles. The van der Waals surface area contributed by atoms with E-state index in [2.05, 4.69) is 0 Å². The molecule has 1 N–H and O–H groups in total. The Labute approximate surface area is 121 Å². The zero-order valence-corrected chi connectivity index (χ0v) is 11.4. The number of carbonyl (C=O) groups excluding carboxylic acids is 1. The van der Waals surface area contributed by atoms with Gasteiger partial charge in [0.1, 0.15) is 0 Å². The lowest BCUT2D eigenvalue weighted by molar-refractivity contribution is -0.131. The molecule has 0 bridgehead atoms. The number of ketones is 1. The molecule has 4 heteroatoms. The van der Waals surface area contributed by atoms with Gasteiger partial charge in [0, 0.05) is 18.0 Å². The SMILES string of the molecule is Cn1c(-c2ccccc2)c(C(=O)C(=O)O)c2ccccc21. The first-order valence-electron chi connectivity index (χ1n) is 6.51. The van der Waals surface area contributed by atoms with Crippen LogP contribution in [0.5, 0.6) is 0 Å². The smallest absolute Gasteiger partial charge is 0.377 e. The summed E-state index contributed by atoms with van der Waals surface area (Å²) in [7, 11) is 1.84. The van der Waals surface area contributed by atoms with Gasteiger partial charge < -0.3 is 9.67 Å². The third kappa shape index (κ3) is 2.01. The van der Waals surface area contributed by atoms with Crippen LogP contribution in [0.25, 0.3) is 22.2 Å². The van der Waals surface area contributed by atoms with Crippen LogP contribution in [0.1, 0.15) is 10.4 Å². The molecular weight excluding hydrogens is 266 g/mol. The highest BCUT2D eigenvalue weighted by molar-refractivity contribution is 6.43. The average Bonchev–Trinajstić information content (AvgIpc) is 2.81. The van der Waals surface area contributed by atoms with Crippen molar-refractivity contribution < 1.29 is 14.7 Å². The molecule has 3 aromatic rings. The summed E-state index contributed by atoms with van der Waals surface area (Å²) in [5, 5.41) is 9.78. The molecule has 1 aromatic heterocycles. The Hall–Kier alpha value is -2.88. The maximum absolute atomic E-state index is 12.2. The highest BCUT2D eigenvalue weighted by Gasteiger charge is 2.26. The van der Waals surface area contributed by atoms with Crippen LogP contribution in [-0.2, 0) is 11.8 Å². The Bertz CT molecular complexity index is 847. The van der Waals surface area contributed by atoms with E-state index in [4.69, 9.17) is 5.11 Å². The quantitative estimate of drug-likeness (QED) is 0.592. The van der Waals surface area contributed by atoms with Crippen LogP contribution in [0.4, 0.5) is 0 Å². The molecule has 0 amide bonds. The maximum atomic E-state index is 12.2. The molecule has 0 radical (unpaired) electrons. The van der Waals surface area contributed by atoms with E-state index in [-0.39, 0.29) is 5.56 Å². The Morgan fingerprint density at radius 3 is 2.24 bits per heavy atom. The van der Waals surface area contributed by atoms with Crippen LogP contribution in [0, 0.1) is 0 Å². The maximum Gasteiger partial charge on any atom is 0.377 e. The topological polar surface area (TPSA) is 59.3 Å². The number of para-hydroxylation sites is 1. The molecular formula is C17H13NO3. The van der Waals surface area contributed by atoms with E-state index in [1.54, 1.807) is 12.1 Å². The zero-order chi connectivity index (χ0) is 15.0. The van der Waals surface area contributed by atoms with Gasteiger partial charge in [0.15, 0.2) is 0 Å². The van der Waals surface area contributed by atoms with Gasteiger partial charge in [-0.05, 0) is 11.6 Å². The van der Waals surface area contributed by atoms with Crippen LogP contribution >= 0.6 is 0 Å². The summed E-state index contributed by atoms with van der Waals surface area (Å²) < 4.78 is 1.86. The minimum Gasteiger partial charge on any atom is -0.475 e. The number of benzene rings is 2. The number of carboxylic acids is 1. The Morgan fingerprint density at radius 1 is 0.952 bits per heavy atom. The number of Topliss-reactive ketones (excluding diaryl/α,β-unsaturated/α-hetero) is 1. The molecule has 0 spiro atoms. The highest BCUT2D eigenvalue weighted by Crippen LogP contribution is 2.33. The van der Waals surface area contributed by atoms with Crippen molar-refractivity contribution in [2.45, 2.75) is 0 Å². The van der Waals surface area contributed by atoms with Crippen molar-refractivity contribution in [2.24, 2.45) is 7.05 Å². The van der Waals surface area contributed by atoms with Crippen molar-refractivity contribution in [3.05, 3.63) is 60.2 Å². The minimum absolute atomic E-state index is 0.242. The molecule has 0 aliphatic rings. The lowest BCUT2D eigenvalue weighted by Crippen LogP contribution is -2.13. The van der Waals surface area contributed by atoms with Crippen molar-refractivity contribution in [1.29, 1.82) is 0 Å². The highest BCUT2D eigenvalue weighted by atomic mass is 16.4. The van der Waals surface area contributed by atoms with Crippen LogP contribution < -0.4 is 0 Å². The van der Waals surface area contributed by atoms with Gasteiger partial charge in [-0.25, -0.2) is 4.79 Å². The largest absolute Gasteiger partial charge is 0.475 e. The predicted octanol–water partition coefficient (Wildman–Crippen LogP) is 3.11. The number of aliphatic carboxylic acids is 1. The summed E-state index contributed by atoms with van der Waals surface area (Å²) in [6.45, 7) is 0. The van der Waals surface area contributed by atoms with Gasteiger partial charge in [0.2, 0.25) is 0 Å². The van der Waals surface area contributed by atoms with Crippen molar-refractivity contribution in [1.82, 2.24) is 4.57 Å². The van der Waals surface area contributed by atoms with Gasteiger partial charge in [-0.15, -0.1) is 0 Å². The van der Waals surface area contributed by atoms with Gasteiger partial charge in [0.25, 0.3) is 5.78 Å². The second-order valence-corrected chi connectivity index (χ2v) is 4.80. The first kappa shape index (κ1) is 13.1. The van der Waals surface area contributed by atoms with Crippen LogP contribution in [0.2, 0.25) is 0 Å². The van der Waals surface area contributed by atoms with Gasteiger partial charge in [-0.1, -0.05) is 48.5 Å². The molecule has 0 fully saturated rings. The molecule has 104 valence electrons. The van der Waals surface area contributed by atoms with Crippen molar-refractivity contribution in [2.75, 3.05) is 0 Å². The Morgan fingerprint density at radius 2 is 1.57 bits per heavy atom. The Kier molecular flexibility index (Phi) is 3.06. The standard InChI is InChI=1S/C17H13NO3/c1-18-13-10-6-5-9-12(13)14(16(19)17(20)21)15(18)11-7-3-2-4-8-11/h2-10H,1H3,(H,20,21). The molecule has 0 aliphatic heterocycles. The Balaban J connectivity index is 2.43. The van der Waals surface area contributed by atoms with E-state index in [9.17, 15) is 9.59 Å². The molecule has 0 saturated heterocycles. The predicted molar refractivity (Wildman–Crippen MR) is 80.3 cm³/mol. The number of hydrogen-bond donors (Lipinski definition) is 1. The van der Waals surface area contributed by atoms with Crippen molar-refractivity contribution >= 4 is 22.7 Å². The van der Waals surface area contributed by atoms with Crippen molar-refractivity contribution in [3.8, 4) is 11.3 Å². The normalized spacial score (nSPS) is 10.7. The van der Waals surface area contributed by atoms with Crippen LogP contribution in [-0.4, -0.2) is 21.4 Å². The fourth-order valence-corrected chi connectivity index (χ4v) is 2.66. The van der Waals surface area contributed by atoms with Crippen LogP contribution in [0.3, 0.4) is 0 Å². The van der Waals surface area contributed by atoms with E-state index in [1.165, 1.54) is 0 Å². The zero-order valence-electron chi connectivity index (χ0n) is 11.4. The summed E-state index contributed by atoms with van der Waals surface area (Å²) in [4.78, 5) is 23.3. The minimum atomic E-state index is -1.44. The average molecular weight is 279 g/mol. The molecule has 0 unspecified atom stereocenters. The summed E-state index contributed by atoms with van der Waals surface area (Å²) in [5.41, 5.74) is 2.53. The first-order chi connectivity index (χ1) is 10.1. The number of fused-ring (bicyclic) bond motifs is 1. The fourth-order valence-electron chi connectivity index (χ4n) is 2.66. The molecule has 0 saturated carbocycles. The van der Waals surface area contributed by atoms with Gasteiger partial charge in [-0.3, -0.25) is 4.79 Å². The second-order valence-electron chi connectivity index (χ2n) is 4.80. The molecule has 0 atom stereocenters. The number of rotatable bonds is 3. The summed E-state index contributed by atoms with van der Waals surface area (Å²) >= 11 is 0. The third-order valence-electron chi connectivity index (χ3n) is 3.58. The van der Waals surface area contributed by atoms with E-state index in [0.29, 0.717) is 11.1 Å². The number of nitrogens with zero attached hydrogens (tertiary/aromatic N) is 1. The number of hydrogen-bond acceptors (Lipinski definition) is 2. The van der Waals surface area contributed by atoms with Crippen molar-refractivity contribution in [3.63, 3.8) is 0 Å². The molecule has 1 heterocycles. The first-order valence-corrected chi connectivity index (χ1v) is 6.51. The lowest BCUT2D eigenvalue weighted by Gasteiger charge is -2.06. The van der Waals surface area contributed by atoms with Crippen LogP contribution in [0.15, 0.2) is 54.6 Å². The van der Waals surface area contributed by atoms with Gasteiger partial charge >= 0.3 is 5.97 Å². The lowest BCUT2D eigenvalue weighted by atomic mass is 10.0. The van der Waals surface area contributed by atoms with Gasteiger partial charge in [-0.2, -0.15) is 0 Å². The summed E-state index contributed by atoms with van der Waals surface area (Å²) in [6, 6.07) is 16.7. The monoisotopic (exact) mass is 279 g/mol. The molecule has 2 aromatic carbocycles.